The highest BCUT2D eigenvalue weighted by molar-refractivity contribution is 5.80. The molecule has 5 nitrogen and oxygen atoms in total. The zero-order valence-corrected chi connectivity index (χ0v) is 8.27. The minimum Gasteiger partial charge on any atom is -0.502 e. The molecule has 1 aromatic carbocycles. The number of hydrogen-bond donors (Lipinski definition) is 1. The number of carbonyl (C=O) groups excluding carboxylic acids is 1. The molecule has 0 aliphatic carbocycles. The zero-order valence-electron chi connectivity index (χ0n) is 8.27. The van der Waals surface area contributed by atoms with E-state index in [-0.39, 0.29) is 23.6 Å². The molecule has 5 heteroatoms. The lowest BCUT2D eigenvalue weighted by atomic mass is 10.1. The Kier molecular flexibility index (Phi) is 3.38. The van der Waals surface area contributed by atoms with Crippen molar-refractivity contribution >= 4 is 11.5 Å². The molecule has 0 fully saturated rings. The number of hydrogen-bond acceptors (Lipinski definition) is 4. The molecule has 0 bridgehead atoms. The topological polar surface area (TPSA) is 80.4 Å². The molecular formula is C10H11NO4. The number of nitrogens with zero attached hydrogens (tertiary/aromatic N) is 1. The van der Waals surface area contributed by atoms with Gasteiger partial charge in [0, 0.05) is 18.9 Å². The molecule has 1 aromatic rings. The van der Waals surface area contributed by atoms with Gasteiger partial charge in [0.25, 0.3) is 0 Å². The molecule has 0 heterocycles. The van der Waals surface area contributed by atoms with Crippen molar-refractivity contribution in [3.05, 3.63) is 33.9 Å². The highest BCUT2D eigenvalue weighted by Crippen LogP contribution is 2.26. The number of aromatic hydroxyl groups is 1. The first-order valence-corrected chi connectivity index (χ1v) is 4.52. The van der Waals surface area contributed by atoms with Gasteiger partial charge in [-0.05, 0) is 11.6 Å². The predicted octanol–water partition coefficient (Wildman–Crippen LogP) is 1.82. The number of Topliss-reactive ketones (excluding diaryl/α,β-unsaturated/α-hetero) is 1. The third kappa shape index (κ3) is 2.77. The minimum atomic E-state index is -0.671. The average molecular weight is 209 g/mol. The van der Waals surface area contributed by atoms with Crippen LogP contribution < -0.4 is 0 Å². The van der Waals surface area contributed by atoms with Gasteiger partial charge in [0.05, 0.1) is 4.92 Å². The summed E-state index contributed by atoms with van der Waals surface area (Å²) in [6, 6.07) is 3.97. The molecule has 15 heavy (non-hydrogen) atoms. The highest BCUT2D eigenvalue weighted by atomic mass is 16.6. The molecule has 0 saturated heterocycles. The molecule has 0 radical (unpaired) electrons. The summed E-state index contributed by atoms with van der Waals surface area (Å²) in [6.45, 7) is 1.73. The fraction of sp³-hybridized carbons (Fsp3) is 0.300. The van der Waals surface area contributed by atoms with Crippen LogP contribution >= 0.6 is 0 Å². The molecule has 0 saturated carbocycles. The molecular weight excluding hydrogens is 198 g/mol. The van der Waals surface area contributed by atoms with Crippen molar-refractivity contribution in [2.75, 3.05) is 0 Å². The van der Waals surface area contributed by atoms with Crippen molar-refractivity contribution in [2.45, 2.75) is 19.8 Å². The largest absolute Gasteiger partial charge is 0.502 e. The van der Waals surface area contributed by atoms with E-state index in [4.69, 9.17) is 0 Å². The molecule has 0 atom stereocenters. The van der Waals surface area contributed by atoms with Gasteiger partial charge in [-0.3, -0.25) is 14.9 Å². The van der Waals surface area contributed by atoms with Gasteiger partial charge in [0.2, 0.25) is 0 Å². The third-order valence-corrected chi connectivity index (χ3v) is 2.03. The second-order valence-electron chi connectivity index (χ2n) is 3.15. The summed E-state index contributed by atoms with van der Waals surface area (Å²) < 4.78 is 0. The minimum absolute atomic E-state index is 0.00925. The van der Waals surface area contributed by atoms with Gasteiger partial charge in [-0.15, -0.1) is 0 Å². The van der Waals surface area contributed by atoms with Crippen LogP contribution in [0.4, 0.5) is 5.69 Å². The Hall–Kier alpha value is -1.91. The number of benzene rings is 1. The summed E-state index contributed by atoms with van der Waals surface area (Å²) in [7, 11) is 0. The zero-order chi connectivity index (χ0) is 11.4. The Morgan fingerprint density at radius 2 is 2.20 bits per heavy atom. The van der Waals surface area contributed by atoms with Crippen molar-refractivity contribution in [3.63, 3.8) is 0 Å². The average Bonchev–Trinajstić information content (AvgIpc) is 2.20. The van der Waals surface area contributed by atoms with Crippen LogP contribution in [0.5, 0.6) is 5.75 Å². The van der Waals surface area contributed by atoms with Crippen LogP contribution in [0.25, 0.3) is 0 Å². The van der Waals surface area contributed by atoms with Crippen LogP contribution in [0.2, 0.25) is 0 Å². The lowest BCUT2D eigenvalue weighted by Gasteiger charge is -2.00. The number of rotatable bonds is 4. The number of ketones is 1. The molecule has 0 aliphatic heterocycles. The number of phenols is 1. The van der Waals surface area contributed by atoms with E-state index in [2.05, 4.69) is 0 Å². The van der Waals surface area contributed by atoms with Gasteiger partial charge in [-0.25, -0.2) is 0 Å². The first kappa shape index (κ1) is 11.2. The Bertz CT molecular complexity index is 400. The number of carbonyl (C=O) groups is 1. The van der Waals surface area contributed by atoms with Gasteiger partial charge >= 0.3 is 5.69 Å². The van der Waals surface area contributed by atoms with Crippen LogP contribution in [-0.4, -0.2) is 15.8 Å². The van der Waals surface area contributed by atoms with E-state index in [1.165, 1.54) is 18.2 Å². The number of nitro benzene ring substituents is 1. The van der Waals surface area contributed by atoms with Crippen molar-refractivity contribution < 1.29 is 14.8 Å². The van der Waals surface area contributed by atoms with E-state index in [1.54, 1.807) is 6.92 Å². The fourth-order valence-electron chi connectivity index (χ4n) is 1.18. The molecule has 1 rings (SSSR count). The van der Waals surface area contributed by atoms with E-state index >= 15 is 0 Å². The maximum absolute atomic E-state index is 11.1. The standard InChI is InChI=1S/C10H11NO4/c1-2-8(12)5-7-3-4-10(13)9(6-7)11(14)15/h3-4,6,13H,2,5H2,1H3. The van der Waals surface area contributed by atoms with Gasteiger partial charge < -0.3 is 5.11 Å². The maximum atomic E-state index is 11.1. The van der Waals surface area contributed by atoms with E-state index in [0.29, 0.717) is 12.0 Å². The summed E-state index contributed by atoms with van der Waals surface area (Å²) in [5.41, 5.74) is 0.183. The summed E-state index contributed by atoms with van der Waals surface area (Å²) in [5, 5.41) is 19.7. The summed E-state index contributed by atoms with van der Waals surface area (Å²) in [4.78, 5) is 20.9. The van der Waals surface area contributed by atoms with E-state index in [9.17, 15) is 20.0 Å². The van der Waals surface area contributed by atoms with Gasteiger partial charge in [-0.2, -0.15) is 0 Å². The Morgan fingerprint density at radius 3 is 2.73 bits per heavy atom. The van der Waals surface area contributed by atoms with Gasteiger partial charge in [-0.1, -0.05) is 13.0 Å². The second-order valence-corrected chi connectivity index (χ2v) is 3.15. The Labute approximate surface area is 86.5 Å². The summed E-state index contributed by atoms with van der Waals surface area (Å²) in [5.74, 6) is -0.373. The van der Waals surface area contributed by atoms with Crippen molar-refractivity contribution in [1.29, 1.82) is 0 Å². The molecule has 1 N–H and O–H groups in total. The Morgan fingerprint density at radius 1 is 1.53 bits per heavy atom. The van der Waals surface area contributed by atoms with Crippen LogP contribution in [0, 0.1) is 10.1 Å². The number of phenolic OH excluding ortho intramolecular Hbond substituents is 1. The maximum Gasteiger partial charge on any atom is 0.310 e. The van der Waals surface area contributed by atoms with Gasteiger partial charge in [0.15, 0.2) is 5.75 Å². The lowest BCUT2D eigenvalue weighted by Crippen LogP contribution is -2.01. The predicted molar refractivity (Wildman–Crippen MR) is 53.8 cm³/mol. The molecule has 0 spiro atoms. The quantitative estimate of drug-likeness (QED) is 0.605. The highest BCUT2D eigenvalue weighted by Gasteiger charge is 2.14. The number of nitro groups is 1. The van der Waals surface area contributed by atoms with E-state index < -0.39 is 4.92 Å². The van der Waals surface area contributed by atoms with Crippen molar-refractivity contribution in [3.8, 4) is 5.75 Å². The summed E-state index contributed by atoms with van der Waals surface area (Å²) in [6.07, 6.45) is 0.562. The second kappa shape index (κ2) is 4.54. The molecule has 0 aromatic heterocycles. The van der Waals surface area contributed by atoms with Crippen LogP contribution in [0.15, 0.2) is 18.2 Å². The van der Waals surface area contributed by atoms with Gasteiger partial charge in [0.1, 0.15) is 5.78 Å². The van der Waals surface area contributed by atoms with Crippen molar-refractivity contribution in [1.82, 2.24) is 0 Å². The Balaban J connectivity index is 2.97. The normalized spacial score (nSPS) is 9.93. The molecule has 80 valence electrons. The lowest BCUT2D eigenvalue weighted by molar-refractivity contribution is -0.385. The monoisotopic (exact) mass is 209 g/mol. The third-order valence-electron chi connectivity index (χ3n) is 2.03. The summed E-state index contributed by atoms with van der Waals surface area (Å²) >= 11 is 0. The first-order valence-electron chi connectivity index (χ1n) is 4.52. The SMILES string of the molecule is CCC(=O)Cc1ccc(O)c([N+](=O)[O-])c1. The first-order chi connectivity index (χ1) is 7.04. The van der Waals surface area contributed by atoms with Crippen LogP contribution in [-0.2, 0) is 11.2 Å². The molecule has 0 unspecified atom stereocenters. The molecule has 0 aliphatic rings. The van der Waals surface area contributed by atoms with E-state index in [0.717, 1.165) is 0 Å². The smallest absolute Gasteiger partial charge is 0.310 e. The molecule has 0 amide bonds. The fourth-order valence-corrected chi connectivity index (χ4v) is 1.18. The van der Waals surface area contributed by atoms with Crippen LogP contribution in [0.1, 0.15) is 18.9 Å². The van der Waals surface area contributed by atoms with E-state index in [1.807, 2.05) is 0 Å². The van der Waals surface area contributed by atoms with Crippen molar-refractivity contribution in [2.24, 2.45) is 0 Å². The van der Waals surface area contributed by atoms with Crippen LogP contribution in [0.3, 0.4) is 0 Å².